The van der Waals surface area contributed by atoms with Crippen molar-refractivity contribution >= 4 is 54.1 Å². The van der Waals surface area contributed by atoms with E-state index < -0.39 is 0 Å². The SMILES string of the molecule is CC1=CCC=N1.Cc1cn(-c2ccc(CCC(=O)c3ccc(-c4ccccc4)cc3)cc2)cn1.O=C(CCc1ccc(Br)cc1)c1ccc(-c2ccccc2)cc1.[Cu][I]. The number of benzene rings is 6. The number of carbonyl (C=O) groups excluding carboxylic acids is 2. The molecule has 302 valence electrons. The van der Waals surface area contributed by atoms with Crippen LogP contribution in [-0.4, -0.2) is 27.3 Å². The van der Waals surface area contributed by atoms with Gasteiger partial charge in [0, 0.05) is 58.7 Å². The molecular formula is C51H46BrCuIN3O2. The van der Waals surface area contributed by atoms with Gasteiger partial charge in [0.05, 0.1) is 12.0 Å². The van der Waals surface area contributed by atoms with Crippen LogP contribution in [0.2, 0.25) is 0 Å². The van der Waals surface area contributed by atoms with Gasteiger partial charge in [-0.1, -0.05) is 155 Å². The van der Waals surface area contributed by atoms with Crippen LogP contribution in [0.1, 0.15) is 63.7 Å². The van der Waals surface area contributed by atoms with Crippen LogP contribution < -0.4 is 0 Å². The first-order valence-electron chi connectivity index (χ1n) is 19.3. The fourth-order valence-corrected chi connectivity index (χ4v) is 6.55. The van der Waals surface area contributed by atoms with E-state index in [1.54, 1.807) is 20.3 Å². The van der Waals surface area contributed by atoms with Gasteiger partial charge in [0.15, 0.2) is 11.6 Å². The molecule has 2 heterocycles. The molecule has 8 heteroatoms. The first-order valence-corrected chi connectivity index (χ1v) is 23.2. The first kappa shape index (κ1) is 45.1. The molecule has 1 aromatic heterocycles. The Morgan fingerprint density at radius 1 is 0.610 bits per heavy atom. The summed E-state index contributed by atoms with van der Waals surface area (Å²) in [6.45, 7) is 3.98. The van der Waals surface area contributed by atoms with Crippen LogP contribution in [-0.2, 0) is 25.6 Å². The van der Waals surface area contributed by atoms with Crippen LogP contribution in [0.3, 0.4) is 0 Å². The number of rotatable bonds is 11. The number of imidazole rings is 1. The van der Waals surface area contributed by atoms with Gasteiger partial charge >= 0.3 is 33.1 Å². The van der Waals surface area contributed by atoms with E-state index in [1.807, 2.05) is 134 Å². The van der Waals surface area contributed by atoms with E-state index in [4.69, 9.17) is 0 Å². The van der Waals surface area contributed by atoms with Crippen molar-refractivity contribution in [2.45, 2.75) is 46.0 Å². The third-order valence-corrected chi connectivity index (χ3v) is 10.1. The van der Waals surface area contributed by atoms with Crippen molar-refractivity contribution in [3.63, 3.8) is 0 Å². The van der Waals surface area contributed by atoms with Crippen LogP contribution in [0.15, 0.2) is 191 Å². The van der Waals surface area contributed by atoms with Crippen molar-refractivity contribution in [3.05, 3.63) is 214 Å². The van der Waals surface area contributed by atoms with Gasteiger partial charge in [0.2, 0.25) is 0 Å². The molecule has 0 atom stereocenters. The normalized spacial score (nSPS) is 11.2. The van der Waals surface area contributed by atoms with Gasteiger partial charge in [-0.25, -0.2) is 4.98 Å². The van der Waals surface area contributed by atoms with Crippen LogP contribution in [0.4, 0.5) is 0 Å². The second-order valence-corrected chi connectivity index (χ2v) is 14.8. The van der Waals surface area contributed by atoms with E-state index in [2.05, 4.69) is 105 Å². The summed E-state index contributed by atoms with van der Waals surface area (Å²) in [6, 6.07) is 52.6. The number of allylic oxidation sites excluding steroid dienone is 2. The van der Waals surface area contributed by atoms with Crippen LogP contribution in [0.25, 0.3) is 27.9 Å². The van der Waals surface area contributed by atoms with Crippen LogP contribution in [0.5, 0.6) is 0 Å². The molecule has 6 aromatic carbocycles. The molecule has 0 radical (unpaired) electrons. The minimum absolute atomic E-state index is 0.175. The molecule has 0 N–H and O–H groups in total. The summed E-state index contributed by atoms with van der Waals surface area (Å²) in [5, 5.41) is 0. The van der Waals surface area contributed by atoms with Gasteiger partial charge in [-0.05, 0) is 84.3 Å². The Labute approximate surface area is 376 Å². The Morgan fingerprint density at radius 3 is 1.42 bits per heavy atom. The molecule has 0 saturated carbocycles. The number of aliphatic imine (C=N–C) groups is 1. The summed E-state index contributed by atoms with van der Waals surface area (Å²) < 4.78 is 3.06. The Morgan fingerprint density at radius 2 is 1.05 bits per heavy atom. The summed E-state index contributed by atoms with van der Waals surface area (Å²) in [5.74, 6) is 0.362. The summed E-state index contributed by atoms with van der Waals surface area (Å²) in [5.41, 5.74) is 11.7. The van der Waals surface area contributed by atoms with Crippen molar-refractivity contribution in [2.24, 2.45) is 4.99 Å². The quantitative estimate of drug-likeness (QED) is 0.0737. The second-order valence-electron chi connectivity index (χ2n) is 13.8. The molecule has 0 saturated heterocycles. The van der Waals surface area contributed by atoms with Gasteiger partial charge in [-0.3, -0.25) is 14.6 Å². The molecule has 0 unspecified atom stereocenters. The average Bonchev–Trinajstić information content (AvgIpc) is 3.98. The average molecular weight is 1000 g/mol. The minimum atomic E-state index is 0.175. The predicted molar refractivity (Wildman–Crippen MR) is 252 cm³/mol. The van der Waals surface area contributed by atoms with E-state index in [9.17, 15) is 9.59 Å². The Balaban J connectivity index is 0.000000192. The molecule has 0 amide bonds. The van der Waals surface area contributed by atoms with E-state index in [-0.39, 0.29) is 11.6 Å². The zero-order valence-corrected chi connectivity index (χ0v) is 37.8. The third-order valence-electron chi connectivity index (χ3n) is 9.58. The van der Waals surface area contributed by atoms with E-state index in [0.29, 0.717) is 12.8 Å². The number of ketones is 2. The number of carbonyl (C=O) groups is 2. The predicted octanol–water partition coefficient (Wildman–Crippen LogP) is 13.8. The Hall–Kier alpha value is -4.99. The molecule has 1 aliphatic rings. The summed E-state index contributed by atoms with van der Waals surface area (Å²) >= 11 is 9.29. The van der Waals surface area contributed by atoms with Crippen molar-refractivity contribution in [3.8, 4) is 27.9 Å². The Bertz CT molecular complexity index is 2410. The molecule has 59 heavy (non-hydrogen) atoms. The van der Waals surface area contributed by atoms with Crippen molar-refractivity contribution in [2.75, 3.05) is 0 Å². The zero-order chi connectivity index (χ0) is 41.8. The van der Waals surface area contributed by atoms with Crippen molar-refractivity contribution in [1.82, 2.24) is 9.55 Å². The van der Waals surface area contributed by atoms with E-state index in [1.165, 1.54) is 11.1 Å². The monoisotopic (exact) mass is 1000 g/mol. The van der Waals surface area contributed by atoms with Crippen LogP contribution in [0, 0.1) is 6.92 Å². The standard InChI is InChI=1S/C25H22N2O.C21H17BrO.C5H7N.Cu.HI/c1-19-17-27(18-26-19)24-14-7-20(8-15-24)9-16-25(28)23-12-10-22(11-13-23)21-5-3-2-4-6-21;22-20-13-6-16(7-14-20)8-15-21(23)19-11-9-18(10-12-19)17-4-2-1-3-5-17;1-5-3-2-4-6-5;;/h2-8,10-15,17-18H,9,16H2,1H3;1-7,9-14H,8,15H2;3-4H,2H2,1H3;;1H/q;;;+1;/p-1. The molecular weight excluding hydrogens is 957 g/mol. The van der Waals surface area contributed by atoms with Gasteiger partial charge in [0.1, 0.15) is 0 Å². The van der Waals surface area contributed by atoms with E-state index >= 15 is 0 Å². The Kier molecular flexibility index (Phi) is 18.5. The molecule has 7 aromatic rings. The topological polar surface area (TPSA) is 64.3 Å². The number of halogens is 2. The fourth-order valence-electron chi connectivity index (χ4n) is 6.28. The second kappa shape index (κ2) is 24.2. The number of Topliss-reactive ketones (excluding diaryl/α,β-unsaturated/α-hetero) is 2. The maximum atomic E-state index is 12.5. The molecule has 0 fully saturated rings. The fraction of sp³-hybridized carbons (Fsp3) is 0.137. The number of hydrogen-bond donors (Lipinski definition) is 0. The molecule has 1 aliphatic heterocycles. The van der Waals surface area contributed by atoms with Gasteiger partial charge in [-0.15, -0.1) is 0 Å². The maximum absolute atomic E-state index is 12.5. The molecule has 8 rings (SSSR count). The molecule has 0 bridgehead atoms. The number of nitrogens with zero attached hydrogens (tertiary/aromatic N) is 3. The summed E-state index contributed by atoms with van der Waals surface area (Å²) in [7, 11) is 0. The molecule has 0 spiro atoms. The number of aryl methyl sites for hydroxylation is 3. The molecule has 5 nitrogen and oxygen atoms in total. The van der Waals surface area contributed by atoms with Gasteiger partial charge in [-0.2, -0.15) is 0 Å². The van der Waals surface area contributed by atoms with Gasteiger partial charge < -0.3 is 4.57 Å². The molecule has 0 aliphatic carbocycles. The van der Waals surface area contributed by atoms with Gasteiger partial charge in [0.25, 0.3) is 0 Å². The van der Waals surface area contributed by atoms with Crippen molar-refractivity contribution < 1.29 is 22.4 Å². The first-order chi connectivity index (χ1) is 28.8. The number of aromatic nitrogens is 2. The number of hydrogen-bond acceptors (Lipinski definition) is 4. The summed E-state index contributed by atoms with van der Waals surface area (Å²) in [6.07, 6.45) is 11.4. The van der Waals surface area contributed by atoms with Crippen LogP contribution >= 0.6 is 36.3 Å². The van der Waals surface area contributed by atoms with E-state index in [0.717, 1.165) is 74.2 Å². The zero-order valence-electron chi connectivity index (χ0n) is 33.1. The van der Waals surface area contributed by atoms with Crippen molar-refractivity contribution in [1.29, 1.82) is 0 Å². The third kappa shape index (κ3) is 14.7. The summed E-state index contributed by atoms with van der Waals surface area (Å²) in [4.78, 5) is 33.1.